The lowest BCUT2D eigenvalue weighted by atomic mass is 10.0. The molecule has 0 radical (unpaired) electrons. The zero-order valence-electron chi connectivity index (χ0n) is 14.0. The van der Waals surface area contributed by atoms with Crippen LogP contribution in [0.2, 0.25) is 0 Å². The first-order valence-corrected chi connectivity index (χ1v) is 8.74. The summed E-state index contributed by atoms with van der Waals surface area (Å²) in [6.45, 7) is 4.68. The van der Waals surface area contributed by atoms with E-state index in [9.17, 15) is 0 Å². The van der Waals surface area contributed by atoms with Crippen LogP contribution in [0.4, 0.5) is 0 Å². The lowest BCUT2D eigenvalue weighted by Crippen LogP contribution is -2.20. The third-order valence-corrected chi connectivity index (χ3v) is 4.64. The second kappa shape index (κ2) is 6.74. The molecule has 1 aliphatic heterocycles. The Balaban J connectivity index is 1.48. The van der Waals surface area contributed by atoms with Gasteiger partial charge in [-0.15, -0.1) is 5.10 Å². The van der Waals surface area contributed by atoms with Gasteiger partial charge in [0, 0.05) is 37.4 Å². The Hall–Kier alpha value is -2.19. The van der Waals surface area contributed by atoms with Crippen LogP contribution >= 0.6 is 0 Å². The van der Waals surface area contributed by atoms with Gasteiger partial charge >= 0.3 is 0 Å². The highest BCUT2D eigenvalue weighted by atomic mass is 16.5. The average molecular weight is 322 g/mol. The van der Waals surface area contributed by atoms with Gasteiger partial charge in [0.1, 0.15) is 5.69 Å². The van der Waals surface area contributed by atoms with Gasteiger partial charge in [-0.25, -0.2) is 0 Å². The SMILES string of the molecule is Cc1cc(C#CC2CC2)cnc1-c1cn(CC2CCOCC2)nn1. The molecule has 5 nitrogen and oxygen atoms in total. The molecule has 0 spiro atoms. The first kappa shape index (κ1) is 15.3. The van der Waals surface area contributed by atoms with Crippen LogP contribution in [-0.4, -0.2) is 33.2 Å². The normalized spacial score (nSPS) is 18.2. The first-order chi connectivity index (χ1) is 11.8. The van der Waals surface area contributed by atoms with E-state index in [-0.39, 0.29) is 0 Å². The van der Waals surface area contributed by atoms with Gasteiger partial charge in [0.25, 0.3) is 0 Å². The lowest BCUT2D eigenvalue weighted by molar-refractivity contribution is 0.0600. The molecule has 0 unspecified atom stereocenters. The van der Waals surface area contributed by atoms with Crippen molar-refractivity contribution < 1.29 is 4.74 Å². The minimum absolute atomic E-state index is 0.607. The summed E-state index contributed by atoms with van der Waals surface area (Å²) in [5.41, 5.74) is 3.81. The van der Waals surface area contributed by atoms with Crippen LogP contribution in [0.3, 0.4) is 0 Å². The van der Waals surface area contributed by atoms with E-state index in [4.69, 9.17) is 4.74 Å². The quantitative estimate of drug-likeness (QED) is 0.816. The largest absolute Gasteiger partial charge is 0.381 e. The molecule has 1 saturated carbocycles. The fourth-order valence-electron chi connectivity index (χ4n) is 3.01. The number of hydrogen-bond donors (Lipinski definition) is 0. The molecule has 1 aliphatic carbocycles. The Morgan fingerprint density at radius 2 is 2.08 bits per heavy atom. The Bertz CT molecular complexity index is 776. The van der Waals surface area contributed by atoms with Gasteiger partial charge in [-0.3, -0.25) is 9.67 Å². The second-order valence-electron chi connectivity index (χ2n) is 6.81. The molecular formula is C19H22N4O. The number of aromatic nitrogens is 4. The highest BCUT2D eigenvalue weighted by molar-refractivity contribution is 5.58. The molecule has 2 aliphatic rings. The van der Waals surface area contributed by atoms with Crippen molar-refractivity contribution in [3.05, 3.63) is 29.6 Å². The third-order valence-electron chi connectivity index (χ3n) is 4.64. The second-order valence-corrected chi connectivity index (χ2v) is 6.81. The molecule has 2 aromatic rings. The maximum absolute atomic E-state index is 5.41. The van der Waals surface area contributed by atoms with Crippen molar-refractivity contribution in [2.75, 3.05) is 13.2 Å². The predicted octanol–water partition coefficient (Wildman–Crippen LogP) is 2.84. The zero-order chi connectivity index (χ0) is 16.4. The van der Waals surface area contributed by atoms with Crippen LogP contribution in [0.15, 0.2) is 18.5 Å². The van der Waals surface area contributed by atoms with Crippen molar-refractivity contribution in [3.63, 3.8) is 0 Å². The van der Waals surface area contributed by atoms with Crippen molar-refractivity contribution in [2.24, 2.45) is 11.8 Å². The van der Waals surface area contributed by atoms with Gasteiger partial charge < -0.3 is 4.74 Å². The van der Waals surface area contributed by atoms with E-state index in [1.54, 1.807) is 0 Å². The Kier molecular flexibility index (Phi) is 4.31. The van der Waals surface area contributed by atoms with Gasteiger partial charge in [0.2, 0.25) is 0 Å². The minimum Gasteiger partial charge on any atom is -0.381 e. The summed E-state index contributed by atoms with van der Waals surface area (Å²) in [5, 5.41) is 8.59. The van der Waals surface area contributed by atoms with Crippen molar-refractivity contribution in [1.29, 1.82) is 0 Å². The minimum atomic E-state index is 0.607. The third kappa shape index (κ3) is 3.65. The van der Waals surface area contributed by atoms with Crippen molar-refractivity contribution in [3.8, 4) is 23.2 Å². The summed E-state index contributed by atoms with van der Waals surface area (Å²) in [6.07, 6.45) is 8.53. The molecule has 5 heteroatoms. The molecule has 124 valence electrons. The summed E-state index contributed by atoms with van der Waals surface area (Å²) < 4.78 is 7.35. The fraction of sp³-hybridized carbons (Fsp3) is 0.526. The molecule has 0 bridgehead atoms. The topological polar surface area (TPSA) is 52.8 Å². The molecule has 4 rings (SSSR count). The summed E-state index contributed by atoms with van der Waals surface area (Å²) in [7, 11) is 0. The van der Waals surface area contributed by atoms with E-state index in [2.05, 4.69) is 40.1 Å². The Morgan fingerprint density at radius 3 is 2.83 bits per heavy atom. The standard InChI is InChI=1S/C19H22N4O/c1-14-10-17(5-4-15-2-3-15)11-20-19(14)18-13-23(22-21-18)12-16-6-8-24-9-7-16/h10-11,13,15-16H,2-3,6-9,12H2,1H3. The molecule has 0 aromatic carbocycles. The van der Waals surface area contributed by atoms with Gasteiger partial charge in [-0.1, -0.05) is 17.1 Å². The lowest BCUT2D eigenvalue weighted by Gasteiger charge is -2.21. The molecule has 0 atom stereocenters. The van der Waals surface area contributed by atoms with E-state index < -0.39 is 0 Å². The van der Waals surface area contributed by atoms with Gasteiger partial charge in [0.15, 0.2) is 0 Å². The maximum atomic E-state index is 5.41. The van der Waals surface area contributed by atoms with E-state index in [0.29, 0.717) is 11.8 Å². The molecule has 3 heterocycles. The average Bonchev–Trinajstić information content (AvgIpc) is 3.32. The number of ether oxygens (including phenoxy) is 1. The van der Waals surface area contributed by atoms with Gasteiger partial charge in [-0.2, -0.15) is 0 Å². The highest BCUT2D eigenvalue weighted by Crippen LogP contribution is 2.27. The summed E-state index contributed by atoms with van der Waals surface area (Å²) >= 11 is 0. The predicted molar refractivity (Wildman–Crippen MR) is 91.1 cm³/mol. The van der Waals surface area contributed by atoms with Crippen LogP contribution in [-0.2, 0) is 11.3 Å². The van der Waals surface area contributed by atoms with E-state index in [0.717, 1.165) is 55.1 Å². The van der Waals surface area contributed by atoms with Crippen LogP contribution in [0, 0.1) is 30.6 Å². The summed E-state index contributed by atoms with van der Waals surface area (Å²) in [4.78, 5) is 4.57. The molecule has 2 aromatic heterocycles. The number of aryl methyl sites for hydroxylation is 1. The number of rotatable bonds is 3. The Labute approximate surface area is 142 Å². The number of pyridine rings is 1. The van der Waals surface area contributed by atoms with E-state index in [1.165, 1.54) is 12.8 Å². The molecule has 0 amide bonds. The van der Waals surface area contributed by atoms with Crippen molar-refractivity contribution >= 4 is 0 Å². The fourth-order valence-corrected chi connectivity index (χ4v) is 3.01. The van der Waals surface area contributed by atoms with Crippen molar-refractivity contribution in [2.45, 2.75) is 39.2 Å². The highest BCUT2D eigenvalue weighted by Gasteiger charge is 2.18. The Morgan fingerprint density at radius 1 is 1.25 bits per heavy atom. The van der Waals surface area contributed by atoms with Crippen LogP contribution in [0.5, 0.6) is 0 Å². The summed E-state index contributed by atoms with van der Waals surface area (Å²) in [6, 6.07) is 2.09. The monoisotopic (exact) mass is 322 g/mol. The maximum Gasteiger partial charge on any atom is 0.131 e. The smallest absolute Gasteiger partial charge is 0.131 e. The number of hydrogen-bond acceptors (Lipinski definition) is 4. The van der Waals surface area contributed by atoms with E-state index >= 15 is 0 Å². The van der Waals surface area contributed by atoms with Gasteiger partial charge in [0.05, 0.1) is 11.9 Å². The van der Waals surface area contributed by atoms with E-state index in [1.807, 2.05) is 17.1 Å². The van der Waals surface area contributed by atoms with Crippen LogP contribution in [0.1, 0.15) is 36.8 Å². The zero-order valence-corrected chi connectivity index (χ0v) is 14.0. The molecule has 2 fully saturated rings. The molecule has 0 N–H and O–H groups in total. The van der Waals surface area contributed by atoms with Gasteiger partial charge in [-0.05, 0) is 50.2 Å². The number of nitrogens with zero attached hydrogens (tertiary/aromatic N) is 4. The molecule has 1 saturated heterocycles. The van der Waals surface area contributed by atoms with Crippen LogP contribution in [0.25, 0.3) is 11.4 Å². The van der Waals surface area contributed by atoms with Crippen molar-refractivity contribution in [1.82, 2.24) is 20.0 Å². The first-order valence-electron chi connectivity index (χ1n) is 8.74. The van der Waals surface area contributed by atoms with Crippen LogP contribution < -0.4 is 0 Å². The summed E-state index contributed by atoms with van der Waals surface area (Å²) in [5.74, 6) is 7.73. The molecular weight excluding hydrogens is 300 g/mol. The molecule has 24 heavy (non-hydrogen) atoms.